The number of nitriles is 1. The van der Waals surface area contributed by atoms with E-state index < -0.39 is 5.54 Å². The SMILES string of the molecule is N#Cc1ncc(N2C(=O)C3(CCC3)N(c3ccc(C4CCN(CC5CCNCC5)CC4)c(F)c3)C2=S)cc1Cl. The first-order valence-corrected chi connectivity index (χ1v) is 14.7. The number of amides is 1. The fourth-order valence-corrected chi connectivity index (χ4v) is 7.35. The van der Waals surface area contributed by atoms with Crippen molar-refractivity contribution >= 4 is 46.2 Å². The fraction of sp³-hybridized carbons (Fsp3) is 0.517. The first-order chi connectivity index (χ1) is 18.9. The lowest BCUT2D eigenvalue weighted by Gasteiger charge is -2.43. The van der Waals surface area contributed by atoms with Gasteiger partial charge in [0.05, 0.1) is 16.9 Å². The molecule has 204 valence electrons. The second-order valence-corrected chi connectivity index (χ2v) is 12.0. The molecule has 6 rings (SSSR count). The van der Waals surface area contributed by atoms with Gasteiger partial charge in [-0.15, -0.1) is 0 Å². The highest BCUT2D eigenvalue weighted by Crippen LogP contribution is 2.48. The van der Waals surface area contributed by atoms with Crippen molar-refractivity contribution in [1.82, 2.24) is 15.2 Å². The van der Waals surface area contributed by atoms with Gasteiger partial charge in [-0.05, 0) is 119 Å². The van der Waals surface area contributed by atoms with Gasteiger partial charge in [-0.25, -0.2) is 9.37 Å². The Labute approximate surface area is 238 Å². The second kappa shape index (κ2) is 10.7. The Hall–Kier alpha value is -2.64. The van der Waals surface area contributed by atoms with Crippen molar-refractivity contribution in [3.05, 3.63) is 52.6 Å². The van der Waals surface area contributed by atoms with E-state index in [-0.39, 0.29) is 33.5 Å². The normalized spacial score (nSPS) is 22.4. The molecule has 3 aliphatic heterocycles. The van der Waals surface area contributed by atoms with E-state index in [1.807, 2.05) is 23.1 Å². The average Bonchev–Trinajstić information content (AvgIpc) is 3.16. The van der Waals surface area contributed by atoms with Crippen LogP contribution < -0.4 is 15.1 Å². The van der Waals surface area contributed by atoms with Crippen LogP contribution in [0.4, 0.5) is 15.8 Å². The summed E-state index contributed by atoms with van der Waals surface area (Å²) in [6, 6.07) is 8.81. The minimum atomic E-state index is -0.828. The Bertz CT molecular complexity index is 1330. The summed E-state index contributed by atoms with van der Waals surface area (Å²) < 4.78 is 15.7. The number of anilines is 2. The van der Waals surface area contributed by atoms with Crippen molar-refractivity contribution in [3.63, 3.8) is 0 Å². The Morgan fingerprint density at radius 2 is 1.90 bits per heavy atom. The number of likely N-dealkylation sites (tertiary alicyclic amines) is 1. The maximum absolute atomic E-state index is 15.7. The van der Waals surface area contributed by atoms with Crippen molar-refractivity contribution in [3.8, 4) is 6.07 Å². The molecule has 0 radical (unpaired) electrons. The van der Waals surface area contributed by atoms with E-state index >= 15 is 4.39 Å². The minimum absolute atomic E-state index is 0.0861. The van der Waals surface area contributed by atoms with Crippen LogP contribution in [0, 0.1) is 23.1 Å². The monoisotopic (exact) mass is 566 g/mol. The van der Waals surface area contributed by atoms with Crippen LogP contribution in [0.5, 0.6) is 0 Å². The molecule has 4 aliphatic rings. The zero-order chi connectivity index (χ0) is 27.1. The predicted octanol–water partition coefficient (Wildman–Crippen LogP) is 4.99. The van der Waals surface area contributed by atoms with Crippen molar-refractivity contribution in [1.29, 1.82) is 5.26 Å². The number of pyridine rings is 1. The predicted molar refractivity (Wildman–Crippen MR) is 154 cm³/mol. The fourth-order valence-electron chi connectivity index (χ4n) is 6.68. The molecule has 1 aromatic carbocycles. The molecule has 2 aromatic rings. The van der Waals surface area contributed by atoms with Gasteiger partial charge in [0.15, 0.2) is 10.8 Å². The van der Waals surface area contributed by atoms with Crippen molar-refractivity contribution in [2.75, 3.05) is 42.5 Å². The van der Waals surface area contributed by atoms with Crippen LogP contribution in [0.15, 0.2) is 30.5 Å². The van der Waals surface area contributed by atoms with Gasteiger partial charge in [0.25, 0.3) is 5.91 Å². The Kier molecular flexibility index (Phi) is 7.32. The largest absolute Gasteiger partial charge is 0.317 e. The maximum atomic E-state index is 15.7. The summed E-state index contributed by atoms with van der Waals surface area (Å²) in [6.45, 7) is 5.37. The number of rotatable bonds is 5. The Morgan fingerprint density at radius 1 is 1.15 bits per heavy atom. The zero-order valence-electron chi connectivity index (χ0n) is 21.8. The molecule has 4 heterocycles. The molecule has 7 nitrogen and oxygen atoms in total. The van der Waals surface area contributed by atoms with Gasteiger partial charge in [0, 0.05) is 12.2 Å². The van der Waals surface area contributed by atoms with Crippen molar-refractivity contribution < 1.29 is 9.18 Å². The smallest absolute Gasteiger partial charge is 0.259 e. The summed E-state index contributed by atoms with van der Waals surface area (Å²) >= 11 is 12.0. The molecule has 0 unspecified atom stereocenters. The highest BCUT2D eigenvalue weighted by atomic mass is 35.5. The molecule has 1 spiro atoms. The lowest BCUT2D eigenvalue weighted by atomic mass is 9.75. The molecule has 0 bridgehead atoms. The van der Waals surface area contributed by atoms with E-state index in [1.165, 1.54) is 30.0 Å². The number of piperidine rings is 2. The van der Waals surface area contributed by atoms with Crippen LogP contribution in [0.2, 0.25) is 5.02 Å². The summed E-state index contributed by atoms with van der Waals surface area (Å²) in [5, 5.41) is 13.0. The first-order valence-electron chi connectivity index (χ1n) is 13.9. The van der Waals surface area contributed by atoms with E-state index in [1.54, 1.807) is 6.07 Å². The van der Waals surface area contributed by atoms with E-state index in [0.29, 0.717) is 24.2 Å². The number of nitrogens with one attached hydrogen (secondary N) is 1. The number of hydrogen-bond acceptors (Lipinski definition) is 6. The molecule has 1 saturated carbocycles. The van der Waals surface area contributed by atoms with E-state index in [2.05, 4.69) is 15.2 Å². The van der Waals surface area contributed by atoms with Gasteiger partial charge >= 0.3 is 0 Å². The number of hydrogen-bond donors (Lipinski definition) is 1. The number of benzene rings is 1. The van der Waals surface area contributed by atoms with Gasteiger partial charge in [0.2, 0.25) is 0 Å². The van der Waals surface area contributed by atoms with Crippen LogP contribution in [0.1, 0.15) is 62.1 Å². The topological polar surface area (TPSA) is 75.5 Å². The molecule has 4 fully saturated rings. The lowest BCUT2D eigenvalue weighted by molar-refractivity contribution is -0.123. The van der Waals surface area contributed by atoms with Gasteiger partial charge in [-0.2, -0.15) is 5.26 Å². The highest BCUT2D eigenvalue weighted by Gasteiger charge is 2.59. The number of carbonyl (C=O) groups is 1. The molecule has 1 amide bonds. The summed E-state index contributed by atoms with van der Waals surface area (Å²) in [4.78, 5) is 23.6. The zero-order valence-corrected chi connectivity index (χ0v) is 23.4. The Balaban J connectivity index is 1.20. The van der Waals surface area contributed by atoms with Crippen LogP contribution >= 0.6 is 23.8 Å². The number of halogens is 2. The third-order valence-electron chi connectivity index (χ3n) is 9.03. The molecule has 39 heavy (non-hydrogen) atoms. The van der Waals surface area contributed by atoms with Crippen molar-refractivity contribution in [2.24, 2.45) is 5.92 Å². The van der Waals surface area contributed by atoms with Gasteiger partial charge < -0.3 is 15.1 Å². The first kappa shape index (κ1) is 26.6. The molecule has 0 atom stereocenters. The summed E-state index contributed by atoms with van der Waals surface area (Å²) in [6.07, 6.45) is 7.98. The van der Waals surface area contributed by atoms with Crippen LogP contribution in [-0.4, -0.2) is 59.2 Å². The van der Waals surface area contributed by atoms with E-state index in [4.69, 9.17) is 23.8 Å². The summed E-state index contributed by atoms with van der Waals surface area (Å²) in [5.74, 6) is 0.555. The van der Waals surface area contributed by atoms with Crippen LogP contribution in [0.3, 0.4) is 0 Å². The summed E-state index contributed by atoms with van der Waals surface area (Å²) in [5.41, 5.74) is 1.01. The minimum Gasteiger partial charge on any atom is -0.317 e. The molecule has 3 saturated heterocycles. The standard InChI is InChI=1S/C29H32ClFN6OS/c30-24-14-22(17-34-26(24)16-32)36-27(38)29(8-1-9-29)37(28(36)39)21-2-3-23(25(31)15-21)20-6-12-35(13-7-20)18-19-4-10-33-11-5-19/h2-3,14-15,17,19-20,33H,1,4-13,18H2. The second-order valence-electron chi connectivity index (χ2n) is 11.3. The highest BCUT2D eigenvalue weighted by molar-refractivity contribution is 7.81. The molecular weight excluding hydrogens is 535 g/mol. The van der Waals surface area contributed by atoms with Crippen LogP contribution in [0.25, 0.3) is 0 Å². The molecule has 1 aliphatic carbocycles. The summed E-state index contributed by atoms with van der Waals surface area (Å²) in [7, 11) is 0. The number of aromatic nitrogens is 1. The van der Waals surface area contributed by atoms with Gasteiger partial charge in [-0.3, -0.25) is 9.69 Å². The van der Waals surface area contributed by atoms with Crippen molar-refractivity contribution in [2.45, 2.75) is 56.4 Å². The van der Waals surface area contributed by atoms with E-state index in [0.717, 1.165) is 63.5 Å². The van der Waals surface area contributed by atoms with Gasteiger partial charge in [0.1, 0.15) is 17.4 Å². The van der Waals surface area contributed by atoms with Crippen LogP contribution in [-0.2, 0) is 4.79 Å². The third kappa shape index (κ3) is 4.71. The maximum Gasteiger partial charge on any atom is 0.259 e. The Morgan fingerprint density at radius 3 is 2.51 bits per heavy atom. The number of thiocarbonyl (C=S) groups is 1. The number of nitrogens with zero attached hydrogens (tertiary/aromatic N) is 5. The van der Waals surface area contributed by atoms with E-state index in [9.17, 15) is 10.1 Å². The third-order valence-corrected chi connectivity index (χ3v) is 9.68. The molecular formula is C29H32ClFN6OS. The number of carbonyl (C=O) groups excluding carboxylic acids is 1. The van der Waals surface area contributed by atoms with Gasteiger partial charge in [-0.1, -0.05) is 17.7 Å². The molecule has 10 heteroatoms. The molecule has 1 N–H and O–H groups in total. The lowest BCUT2D eigenvalue weighted by Crippen LogP contribution is -2.55. The molecule has 1 aromatic heterocycles. The average molecular weight is 567 g/mol. The quantitative estimate of drug-likeness (QED) is 0.511.